The van der Waals surface area contributed by atoms with Crippen LogP contribution in [-0.4, -0.2) is 65.4 Å². The van der Waals surface area contributed by atoms with Crippen LogP contribution in [0.25, 0.3) is 0 Å². The number of nitrogens with two attached hydrogens (primary N) is 1. The molecular formula is C16H24N2O7. The Kier molecular flexibility index (Phi) is 8.82. The van der Waals surface area contributed by atoms with Crippen molar-refractivity contribution in [3.05, 3.63) is 24.0 Å². The quantitative estimate of drug-likeness (QED) is 0.397. The predicted octanol–water partition coefficient (Wildman–Crippen LogP) is -0.818. The zero-order valence-electron chi connectivity index (χ0n) is 14.0. The molecule has 1 fully saturated rings. The Hall–Kier alpha value is -2.23. The number of aliphatic hydroxyl groups is 2. The van der Waals surface area contributed by atoms with Crippen LogP contribution in [0.4, 0.5) is 0 Å². The third-order valence-electron chi connectivity index (χ3n) is 3.66. The van der Waals surface area contributed by atoms with Gasteiger partial charge in [0.05, 0.1) is 6.10 Å². The second-order valence-electron chi connectivity index (χ2n) is 5.39. The van der Waals surface area contributed by atoms with Crippen LogP contribution in [0.5, 0.6) is 0 Å². The van der Waals surface area contributed by atoms with Crippen LogP contribution >= 0.6 is 0 Å². The molecule has 0 spiro atoms. The van der Waals surface area contributed by atoms with E-state index >= 15 is 0 Å². The van der Waals surface area contributed by atoms with Gasteiger partial charge >= 0.3 is 5.97 Å². The summed E-state index contributed by atoms with van der Waals surface area (Å²) >= 11 is 0. The minimum atomic E-state index is -1.43. The lowest BCUT2D eigenvalue weighted by Gasteiger charge is -2.27. The number of esters is 1. The van der Waals surface area contributed by atoms with Gasteiger partial charge in [0.15, 0.2) is 6.10 Å². The average molecular weight is 356 g/mol. The van der Waals surface area contributed by atoms with E-state index < -0.39 is 18.0 Å². The highest BCUT2D eigenvalue weighted by Crippen LogP contribution is 2.26. The number of carbonyl (C=O) groups excluding carboxylic acids is 3. The van der Waals surface area contributed by atoms with Gasteiger partial charge < -0.3 is 35.1 Å². The molecule has 2 rings (SSSR count). The molecule has 2 heterocycles. The van der Waals surface area contributed by atoms with Gasteiger partial charge in [0.2, 0.25) is 5.91 Å². The van der Waals surface area contributed by atoms with Crippen molar-refractivity contribution < 1.29 is 34.1 Å². The van der Waals surface area contributed by atoms with Gasteiger partial charge in [-0.1, -0.05) is 6.08 Å². The fourth-order valence-electron chi connectivity index (χ4n) is 2.41. The van der Waals surface area contributed by atoms with Gasteiger partial charge in [-0.2, -0.15) is 0 Å². The van der Waals surface area contributed by atoms with Crippen LogP contribution in [0, 0.1) is 0 Å². The lowest BCUT2D eigenvalue weighted by Crippen LogP contribution is -2.31. The smallest absolute Gasteiger partial charge is 0.335 e. The van der Waals surface area contributed by atoms with E-state index in [-0.39, 0.29) is 25.4 Å². The van der Waals surface area contributed by atoms with Crippen LogP contribution in [0.2, 0.25) is 0 Å². The van der Waals surface area contributed by atoms with E-state index in [2.05, 4.69) is 0 Å². The van der Waals surface area contributed by atoms with Crippen molar-refractivity contribution in [1.82, 2.24) is 4.90 Å². The molecule has 2 aliphatic heterocycles. The predicted molar refractivity (Wildman–Crippen MR) is 86.6 cm³/mol. The Morgan fingerprint density at radius 2 is 2.20 bits per heavy atom. The zero-order valence-corrected chi connectivity index (χ0v) is 14.0. The molecular weight excluding hydrogens is 332 g/mol. The number of hydrogen-bond acceptors (Lipinski definition) is 8. The van der Waals surface area contributed by atoms with Crippen molar-refractivity contribution in [2.75, 3.05) is 13.7 Å². The second-order valence-corrected chi connectivity index (χ2v) is 5.39. The first-order valence-corrected chi connectivity index (χ1v) is 7.84. The molecule has 140 valence electrons. The third-order valence-corrected chi connectivity index (χ3v) is 3.66. The van der Waals surface area contributed by atoms with Crippen molar-refractivity contribution >= 4 is 18.2 Å². The Bertz CT molecular complexity index is 533. The average Bonchev–Trinajstić information content (AvgIpc) is 3.10. The number of rotatable bonds is 7. The summed E-state index contributed by atoms with van der Waals surface area (Å²) in [6.07, 6.45) is 5.35. The summed E-state index contributed by atoms with van der Waals surface area (Å²) in [6, 6.07) is 0. The first-order chi connectivity index (χ1) is 12.0. The maximum Gasteiger partial charge on any atom is 0.335 e. The standard InChI is InChI=1S/C15H20N2O6.CH4O/c16-14(20)10-2-1-6-17(8-10)13-4-3-11(23-13)9-22-15(21)12(19)5-7-18;1-2/h1,6-8,11-13,19H,2-5,9H2,(H2,16,20);2H,1H3. The molecule has 3 atom stereocenters. The molecule has 0 aromatic carbocycles. The van der Waals surface area contributed by atoms with Crippen LogP contribution < -0.4 is 5.73 Å². The van der Waals surface area contributed by atoms with Crippen molar-refractivity contribution in [3.63, 3.8) is 0 Å². The van der Waals surface area contributed by atoms with Crippen molar-refractivity contribution in [2.24, 2.45) is 5.73 Å². The molecule has 1 saturated heterocycles. The monoisotopic (exact) mass is 356 g/mol. The highest BCUT2D eigenvalue weighted by atomic mass is 16.6. The summed E-state index contributed by atoms with van der Waals surface area (Å²) in [6.45, 7) is 0.00912. The minimum absolute atomic E-state index is 0.00912. The summed E-state index contributed by atoms with van der Waals surface area (Å²) in [5.74, 6) is -1.30. The van der Waals surface area contributed by atoms with E-state index in [1.54, 1.807) is 11.1 Å². The van der Waals surface area contributed by atoms with Crippen LogP contribution in [0.1, 0.15) is 25.7 Å². The number of amides is 1. The maximum atomic E-state index is 11.4. The molecule has 4 N–H and O–H groups in total. The fraction of sp³-hybridized carbons (Fsp3) is 0.562. The fourth-order valence-corrected chi connectivity index (χ4v) is 2.41. The number of primary amides is 1. The van der Waals surface area contributed by atoms with Gasteiger partial charge in [-0.05, 0) is 19.3 Å². The van der Waals surface area contributed by atoms with E-state index in [1.807, 2.05) is 12.3 Å². The molecule has 9 nitrogen and oxygen atoms in total. The Morgan fingerprint density at radius 3 is 2.84 bits per heavy atom. The lowest BCUT2D eigenvalue weighted by atomic mass is 10.1. The summed E-state index contributed by atoms with van der Waals surface area (Å²) in [4.78, 5) is 34.6. The molecule has 9 heteroatoms. The van der Waals surface area contributed by atoms with E-state index in [0.29, 0.717) is 31.1 Å². The van der Waals surface area contributed by atoms with Crippen molar-refractivity contribution in [1.29, 1.82) is 0 Å². The van der Waals surface area contributed by atoms with Gasteiger partial charge in [0, 0.05) is 31.5 Å². The summed E-state index contributed by atoms with van der Waals surface area (Å²) in [7, 11) is 1.00. The number of hydrogen-bond donors (Lipinski definition) is 3. The van der Waals surface area contributed by atoms with Gasteiger partial charge in [0.25, 0.3) is 0 Å². The largest absolute Gasteiger partial charge is 0.461 e. The number of aldehydes is 1. The molecule has 0 aromatic rings. The van der Waals surface area contributed by atoms with E-state index in [0.717, 1.165) is 7.11 Å². The molecule has 0 aliphatic carbocycles. The molecule has 0 aromatic heterocycles. The first-order valence-electron chi connectivity index (χ1n) is 7.84. The molecule has 0 saturated carbocycles. The second kappa shape index (κ2) is 10.6. The number of aliphatic hydroxyl groups excluding tert-OH is 2. The van der Waals surface area contributed by atoms with E-state index in [1.165, 1.54) is 0 Å². The molecule has 2 aliphatic rings. The van der Waals surface area contributed by atoms with Crippen molar-refractivity contribution in [3.8, 4) is 0 Å². The third kappa shape index (κ3) is 6.29. The van der Waals surface area contributed by atoms with Crippen LogP contribution in [-0.2, 0) is 23.9 Å². The first kappa shape index (κ1) is 20.8. The SMILES string of the molecule is CO.NC(=O)C1=CN(C2CCC(COC(=O)C(O)CC=O)O2)C=CC1. The van der Waals surface area contributed by atoms with Crippen LogP contribution in [0.3, 0.4) is 0 Å². The molecule has 0 radical (unpaired) electrons. The van der Waals surface area contributed by atoms with Gasteiger partial charge in [-0.25, -0.2) is 4.79 Å². The Labute approximate surface area is 145 Å². The summed E-state index contributed by atoms with van der Waals surface area (Å²) in [5.41, 5.74) is 5.78. The van der Waals surface area contributed by atoms with Gasteiger partial charge in [-0.15, -0.1) is 0 Å². The Balaban J connectivity index is 0.00000151. The number of carbonyl (C=O) groups is 3. The van der Waals surface area contributed by atoms with Crippen molar-refractivity contribution in [2.45, 2.75) is 44.1 Å². The number of allylic oxidation sites excluding steroid dienone is 1. The van der Waals surface area contributed by atoms with Gasteiger partial charge in [0.1, 0.15) is 19.1 Å². The topological polar surface area (TPSA) is 139 Å². The van der Waals surface area contributed by atoms with E-state index in [9.17, 15) is 19.5 Å². The lowest BCUT2D eigenvalue weighted by molar-refractivity contribution is -0.159. The Morgan fingerprint density at radius 1 is 1.48 bits per heavy atom. The normalized spacial score (nSPS) is 23.2. The zero-order chi connectivity index (χ0) is 18.8. The van der Waals surface area contributed by atoms with E-state index in [4.69, 9.17) is 20.3 Å². The molecule has 1 amide bonds. The molecule has 25 heavy (non-hydrogen) atoms. The summed E-state index contributed by atoms with van der Waals surface area (Å²) < 4.78 is 10.7. The summed E-state index contributed by atoms with van der Waals surface area (Å²) in [5, 5.41) is 16.3. The number of ether oxygens (including phenoxy) is 2. The maximum absolute atomic E-state index is 11.4. The molecule has 3 unspecified atom stereocenters. The molecule has 0 bridgehead atoms. The number of nitrogens with zero attached hydrogens (tertiary/aromatic N) is 1. The highest BCUT2D eigenvalue weighted by Gasteiger charge is 2.30. The van der Waals surface area contributed by atoms with Gasteiger partial charge in [-0.3, -0.25) is 4.79 Å². The minimum Gasteiger partial charge on any atom is -0.461 e. The van der Waals surface area contributed by atoms with Crippen LogP contribution in [0.15, 0.2) is 24.0 Å². The highest BCUT2D eigenvalue weighted by molar-refractivity contribution is 5.92.